The quantitative estimate of drug-likeness (QED) is 0.692. The van der Waals surface area contributed by atoms with Crippen molar-refractivity contribution in [1.82, 2.24) is 4.98 Å². The van der Waals surface area contributed by atoms with Crippen LogP contribution in [0, 0.1) is 0 Å². The summed E-state index contributed by atoms with van der Waals surface area (Å²) < 4.78 is 0. The van der Waals surface area contributed by atoms with Gasteiger partial charge in [0.05, 0.1) is 11.9 Å². The lowest BCUT2D eigenvalue weighted by molar-refractivity contribution is 0.262. The van der Waals surface area contributed by atoms with E-state index in [9.17, 15) is 4.79 Å². The Balaban J connectivity index is 1.96. The van der Waals surface area contributed by atoms with Gasteiger partial charge in [0.1, 0.15) is 5.75 Å². The van der Waals surface area contributed by atoms with E-state index in [1.165, 1.54) is 12.1 Å². The van der Waals surface area contributed by atoms with E-state index in [1.54, 1.807) is 36.7 Å². The van der Waals surface area contributed by atoms with Gasteiger partial charge in [-0.15, -0.1) is 0 Å². The molecule has 1 heterocycles. The number of nitrogens with zero attached hydrogens (tertiary/aromatic N) is 1. The topological polar surface area (TPSA) is 74.2 Å². The van der Waals surface area contributed by atoms with Gasteiger partial charge in [-0.05, 0) is 36.4 Å². The molecule has 0 saturated carbocycles. The number of hydrogen-bond donors (Lipinski definition) is 3. The van der Waals surface area contributed by atoms with Crippen molar-refractivity contribution in [3.8, 4) is 5.75 Å². The van der Waals surface area contributed by atoms with Crippen LogP contribution >= 0.6 is 0 Å². The Kier molecular flexibility index (Phi) is 3.20. The molecule has 0 bridgehead atoms. The number of aromatic nitrogens is 1. The highest BCUT2D eigenvalue weighted by atomic mass is 16.3. The standard InChI is InChI=1S/C12H11N3O2/c16-11-5-3-9(4-6-11)14-12(17)15-10-2-1-7-13-8-10/h1-8,16H,(H2,14,15,17). The van der Waals surface area contributed by atoms with Crippen LogP contribution in [0.25, 0.3) is 0 Å². The van der Waals surface area contributed by atoms with Gasteiger partial charge in [-0.2, -0.15) is 0 Å². The number of phenolic OH excluding ortho intramolecular Hbond substituents is 1. The Morgan fingerprint density at radius 2 is 1.76 bits per heavy atom. The van der Waals surface area contributed by atoms with Gasteiger partial charge >= 0.3 is 6.03 Å². The van der Waals surface area contributed by atoms with Crippen LogP contribution in [0.15, 0.2) is 48.8 Å². The molecule has 2 amide bonds. The van der Waals surface area contributed by atoms with Gasteiger partial charge < -0.3 is 15.7 Å². The second-order valence-electron chi connectivity index (χ2n) is 3.37. The Morgan fingerprint density at radius 1 is 1.06 bits per heavy atom. The normalized spacial score (nSPS) is 9.65. The van der Waals surface area contributed by atoms with E-state index in [-0.39, 0.29) is 11.8 Å². The summed E-state index contributed by atoms with van der Waals surface area (Å²) in [5.74, 6) is 0.156. The fraction of sp³-hybridized carbons (Fsp3) is 0. The molecule has 2 aromatic rings. The van der Waals surface area contributed by atoms with Crippen LogP contribution < -0.4 is 10.6 Å². The number of pyridine rings is 1. The van der Waals surface area contributed by atoms with Crippen molar-refractivity contribution in [2.24, 2.45) is 0 Å². The van der Waals surface area contributed by atoms with E-state index < -0.39 is 0 Å². The highest BCUT2D eigenvalue weighted by molar-refractivity contribution is 5.99. The Hall–Kier alpha value is -2.56. The fourth-order valence-corrected chi connectivity index (χ4v) is 1.27. The number of anilines is 2. The second kappa shape index (κ2) is 4.98. The van der Waals surface area contributed by atoms with Crippen LogP contribution in [-0.2, 0) is 0 Å². The molecule has 0 atom stereocenters. The van der Waals surface area contributed by atoms with Gasteiger partial charge in [0, 0.05) is 11.9 Å². The van der Waals surface area contributed by atoms with Crippen molar-refractivity contribution in [3.05, 3.63) is 48.8 Å². The summed E-state index contributed by atoms with van der Waals surface area (Å²) in [5.41, 5.74) is 1.22. The number of aromatic hydroxyl groups is 1. The highest BCUT2D eigenvalue weighted by Gasteiger charge is 2.01. The molecule has 0 aliphatic heterocycles. The summed E-state index contributed by atoms with van der Waals surface area (Å²) in [6.07, 6.45) is 3.18. The zero-order valence-electron chi connectivity index (χ0n) is 8.92. The number of phenols is 1. The lowest BCUT2D eigenvalue weighted by atomic mass is 10.3. The minimum Gasteiger partial charge on any atom is -0.508 e. The summed E-state index contributed by atoms with van der Waals surface area (Å²) in [5, 5.41) is 14.3. The number of amides is 2. The Bertz CT molecular complexity index is 497. The first kappa shape index (κ1) is 10.9. The van der Waals surface area contributed by atoms with Gasteiger partial charge in [-0.1, -0.05) is 0 Å². The minimum absolute atomic E-state index is 0.156. The van der Waals surface area contributed by atoms with E-state index in [0.29, 0.717) is 11.4 Å². The van der Waals surface area contributed by atoms with Crippen molar-refractivity contribution in [2.45, 2.75) is 0 Å². The van der Waals surface area contributed by atoms with Crippen LogP contribution in [0.1, 0.15) is 0 Å². The first-order chi connectivity index (χ1) is 8.24. The lowest BCUT2D eigenvalue weighted by Gasteiger charge is -2.06. The molecule has 0 unspecified atom stereocenters. The number of benzene rings is 1. The molecule has 2 rings (SSSR count). The van der Waals surface area contributed by atoms with Crippen molar-refractivity contribution in [2.75, 3.05) is 10.6 Å². The maximum Gasteiger partial charge on any atom is 0.323 e. The molecule has 5 nitrogen and oxygen atoms in total. The molecule has 86 valence electrons. The number of carbonyl (C=O) groups excluding carboxylic acids is 1. The number of hydrogen-bond acceptors (Lipinski definition) is 3. The van der Waals surface area contributed by atoms with E-state index in [4.69, 9.17) is 5.11 Å². The SMILES string of the molecule is O=C(Nc1ccc(O)cc1)Nc1cccnc1. The lowest BCUT2D eigenvalue weighted by Crippen LogP contribution is -2.19. The number of carbonyl (C=O) groups is 1. The molecule has 1 aromatic carbocycles. The molecule has 17 heavy (non-hydrogen) atoms. The molecule has 3 N–H and O–H groups in total. The predicted molar refractivity (Wildman–Crippen MR) is 65.0 cm³/mol. The molecule has 0 aliphatic carbocycles. The summed E-state index contributed by atoms with van der Waals surface area (Å²) >= 11 is 0. The average molecular weight is 229 g/mol. The minimum atomic E-state index is -0.358. The molecule has 1 aromatic heterocycles. The Labute approximate surface area is 98.1 Å². The molecule has 0 radical (unpaired) electrons. The molecular weight excluding hydrogens is 218 g/mol. The number of rotatable bonds is 2. The summed E-state index contributed by atoms with van der Waals surface area (Å²) in [7, 11) is 0. The van der Waals surface area contributed by atoms with E-state index in [2.05, 4.69) is 15.6 Å². The van der Waals surface area contributed by atoms with Gasteiger partial charge in [-0.25, -0.2) is 4.79 Å². The van der Waals surface area contributed by atoms with Crippen molar-refractivity contribution >= 4 is 17.4 Å². The van der Waals surface area contributed by atoms with Gasteiger partial charge in [0.2, 0.25) is 0 Å². The summed E-state index contributed by atoms with van der Waals surface area (Å²) in [6.45, 7) is 0. The zero-order chi connectivity index (χ0) is 12.1. The highest BCUT2D eigenvalue weighted by Crippen LogP contribution is 2.14. The first-order valence-electron chi connectivity index (χ1n) is 5.01. The van der Waals surface area contributed by atoms with Crippen LogP contribution in [-0.4, -0.2) is 16.1 Å². The van der Waals surface area contributed by atoms with Gasteiger partial charge in [0.15, 0.2) is 0 Å². The largest absolute Gasteiger partial charge is 0.508 e. The van der Waals surface area contributed by atoms with E-state index >= 15 is 0 Å². The average Bonchev–Trinajstić information content (AvgIpc) is 2.33. The summed E-state index contributed by atoms with van der Waals surface area (Å²) in [6, 6.07) is 9.33. The van der Waals surface area contributed by atoms with Crippen LogP contribution in [0.3, 0.4) is 0 Å². The number of urea groups is 1. The molecule has 0 fully saturated rings. The van der Waals surface area contributed by atoms with Crippen LogP contribution in [0.5, 0.6) is 5.75 Å². The molecule has 0 spiro atoms. The molecule has 5 heteroatoms. The predicted octanol–water partition coefficient (Wildman–Crippen LogP) is 2.43. The second-order valence-corrected chi connectivity index (χ2v) is 3.37. The maximum absolute atomic E-state index is 11.6. The summed E-state index contributed by atoms with van der Waals surface area (Å²) in [4.78, 5) is 15.4. The molecular formula is C12H11N3O2. The first-order valence-corrected chi connectivity index (χ1v) is 5.01. The zero-order valence-corrected chi connectivity index (χ0v) is 8.92. The Morgan fingerprint density at radius 3 is 2.41 bits per heavy atom. The van der Waals surface area contributed by atoms with Gasteiger partial charge in [-0.3, -0.25) is 4.98 Å². The van der Waals surface area contributed by atoms with Gasteiger partial charge in [0.25, 0.3) is 0 Å². The van der Waals surface area contributed by atoms with Crippen molar-refractivity contribution < 1.29 is 9.90 Å². The van der Waals surface area contributed by atoms with E-state index in [1.807, 2.05) is 0 Å². The monoisotopic (exact) mass is 229 g/mol. The molecule has 0 aliphatic rings. The third-order valence-electron chi connectivity index (χ3n) is 2.04. The van der Waals surface area contributed by atoms with E-state index in [0.717, 1.165) is 0 Å². The van der Waals surface area contributed by atoms with Crippen LogP contribution in [0.4, 0.5) is 16.2 Å². The van der Waals surface area contributed by atoms with Crippen molar-refractivity contribution in [1.29, 1.82) is 0 Å². The maximum atomic E-state index is 11.6. The third kappa shape index (κ3) is 3.20. The van der Waals surface area contributed by atoms with Crippen molar-refractivity contribution in [3.63, 3.8) is 0 Å². The third-order valence-corrected chi connectivity index (χ3v) is 2.04. The van der Waals surface area contributed by atoms with Crippen LogP contribution in [0.2, 0.25) is 0 Å². The molecule has 0 saturated heterocycles. The number of nitrogens with one attached hydrogen (secondary N) is 2. The smallest absolute Gasteiger partial charge is 0.323 e. The fourth-order valence-electron chi connectivity index (χ4n) is 1.27.